The number of anilines is 8. The quantitative estimate of drug-likeness (QED) is 0.0179. The number of nitrogens with zero attached hydrogens (tertiary/aromatic N) is 8. The van der Waals surface area contributed by atoms with Crippen molar-refractivity contribution in [2.24, 2.45) is 0 Å². The van der Waals surface area contributed by atoms with Crippen LogP contribution in [0.15, 0.2) is 98.9 Å². The molecule has 0 unspecified atom stereocenters. The van der Waals surface area contributed by atoms with Crippen LogP contribution in [0.25, 0.3) is 44.4 Å². The number of hydrazine groups is 2. The van der Waals surface area contributed by atoms with E-state index in [2.05, 4.69) is 61.4 Å². The molecule has 6 N–H and O–H groups in total. The van der Waals surface area contributed by atoms with Crippen LogP contribution >= 0.6 is 23.2 Å². The molecule has 0 aliphatic heterocycles. The minimum absolute atomic E-state index is 0. The molecule has 0 bridgehead atoms. The van der Waals surface area contributed by atoms with Crippen LogP contribution in [0, 0.1) is 12.2 Å². The van der Waals surface area contributed by atoms with Crippen LogP contribution in [-0.2, 0) is 60.7 Å². The van der Waals surface area contributed by atoms with Gasteiger partial charge in [0.15, 0.2) is 22.3 Å². The van der Waals surface area contributed by atoms with Crippen molar-refractivity contribution in [2.75, 3.05) is 44.6 Å². The van der Waals surface area contributed by atoms with Crippen molar-refractivity contribution >= 4 is 175 Å². The van der Waals surface area contributed by atoms with Gasteiger partial charge in [0, 0.05) is 13.1 Å². The third-order valence-corrected chi connectivity index (χ3v) is 17.5. The molecule has 0 radical (unpaired) electrons. The molecule has 34 nitrogen and oxygen atoms in total. The summed E-state index contributed by atoms with van der Waals surface area (Å²) in [6.07, 6.45) is -2.99. The summed E-state index contributed by atoms with van der Waals surface area (Å²) in [7, 11) is -32.7. The Morgan fingerprint density at radius 1 is 0.457 bits per heavy atom. The molecule has 0 atom stereocenters. The van der Waals surface area contributed by atoms with E-state index in [1.54, 1.807) is 13.8 Å². The van der Waals surface area contributed by atoms with Gasteiger partial charge < -0.3 is 56.8 Å². The Balaban J connectivity index is 0.00000368. The van der Waals surface area contributed by atoms with Gasteiger partial charge in [-0.25, -0.2) is 50.5 Å². The van der Waals surface area contributed by atoms with Crippen molar-refractivity contribution in [1.82, 2.24) is 39.9 Å². The van der Waals surface area contributed by atoms with Gasteiger partial charge >= 0.3 is 190 Å². The van der Waals surface area contributed by atoms with E-state index in [9.17, 15) is 77.8 Å². The molecule has 458 valence electrons. The molecule has 4 heterocycles. The van der Waals surface area contributed by atoms with Crippen LogP contribution in [0.4, 0.5) is 55.3 Å². The number of aromatic amines is 2. The standard InChI is InChI=1S/C42H36Cl2F2N14O20S6.6Na/c1-3-13-59(57-41-53-37(45)51-39(55-41)49-21-15-17(81(61,62)63)5-11-25(21)83(67,68)69)23-9-7-19-31(35(23)85(73,74)75)79-33-27(43)30-34(28(44)29(33)47-19)80-32-20(48-30)8-10-24(36(32)86(76,77)78)60(14-4-2)58-42-54-38(46)52-40(56-42)50-22-16-18(82(64,65)66)6-12-26(22)84(70,71)72;;;;;;/h5-12,15-16,47-48H,3-4,13-14H2,1-2H3,(H,61,62,63)(H,64,65,66)(H,67,68,69)(H,70,71,72)(H,73,74,75)(H,76,77,78)(H2,49,51,53,55,57)(H2,50,52,54,56,58);;;;;;/q;6*+1/p-6. The van der Waals surface area contributed by atoms with E-state index in [1.807, 2.05) is 0 Å². The zero-order chi connectivity index (χ0) is 63.0. The number of benzene rings is 5. The first-order chi connectivity index (χ1) is 39.9. The van der Waals surface area contributed by atoms with Gasteiger partial charge in [0.1, 0.15) is 91.6 Å². The average molecular weight is 1490 g/mol. The Hall–Kier alpha value is -1.98. The van der Waals surface area contributed by atoms with Crippen LogP contribution in [0.2, 0.25) is 10.0 Å². The Morgan fingerprint density at radius 2 is 0.783 bits per heavy atom. The van der Waals surface area contributed by atoms with Gasteiger partial charge in [-0.05, 0) is 73.5 Å². The van der Waals surface area contributed by atoms with Crippen LogP contribution in [0.5, 0.6) is 0 Å². The van der Waals surface area contributed by atoms with Crippen molar-refractivity contribution in [2.45, 2.75) is 56.1 Å². The van der Waals surface area contributed by atoms with Crippen LogP contribution in [0.1, 0.15) is 26.7 Å². The summed E-state index contributed by atoms with van der Waals surface area (Å²) in [6.45, 7) is 2.64. The summed E-state index contributed by atoms with van der Waals surface area (Å²) >= 11 is 13.8. The molecule has 0 saturated carbocycles. The zero-order valence-corrected chi connectivity index (χ0v) is 66.7. The Kier molecular flexibility index (Phi) is 29.6. The van der Waals surface area contributed by atoms with E-state index in [0.29, 0.717) is 36.4 Å². The molecule has 92 heavy (non-hydrogen) atoms. The van der Waals surface area contributed by atoms with E-state index in [4.69, 9.17) is 32.0 Å². The molecule has 9 aromatic rings. The van der Waals surface area contributed by atoms with Gasteiger partial charge in [-0.1, -0.05) is 37.0 Å². The summed E-state index contributed by atoms with van der Waals surface area (Å²) in [4.78, 5) is 20.4. The first-order valence-corrected chi connectivity index (χ1v) is 32.4. The van der Waals surface area contributed by atoms with Crippen molar-refractivity contribution < 1.29 is 273 Å². The maximum Gasteiger partial charge on any atom is 1.00 e. The number of H-pyrrole nitrogens is 2. The van der Waals surface area contributed by atoms with Crippen LogP contribution in [0.3, 0.4) is 0 Å². The normalized spacial score (nSPS) is 11.9. The van der Waals surface area contributed by atoms with Gasteiger partial charge in [0.05, 0.1) is 53.4 Å². The van der Waals surface area contributed by atoms with Gasteiger partial charge in [-0.15, -0.1) is 0 Å². The predicted octanol–water partition coefficient (Wildman–Crippen LogP) is -13.4. The van der Waals surface area contributed by atoms with Gasteiger partial charge in [0.25, 0.3) is 0 Å². The first-order valence-electron chi connectivity index (χ1n) is 23.2. The van der Waals surface area contributed by atoms with E-state index in [-0.39, 0.29) is 225 Å². The average Bonchev–Trinajstić information content (AvgIpc) is 0.725. The third kappa shape index (κ3) is 18.9. The summed E-state index contributed by atoms with van der Waals surface area (Å²) in [6, 6.07) is 7.28. The van der Waals surface area contributed by atoms with Crippen molar-refractivity contribution in [3.8, 4) is 0 Å². The molecule has 0 aliphatic carbocycles. The van der Waals surface area contributed by atoms with E-state index < -0.39 is 181 Å². The molecule has 0 saturated heterocycles. The number of fused-ring (bicyclic) bond motifs is 4. The molecular weight excluding hydrogens is 1460 g/mol. The summed E-state index contributed by atoms with van der Waals surface area (Å²) in [5.41, 5.74) is -1.55. The zero-order valence-electron chi connectivity index (χ0n) is 48.3. The molecule has 5 aromatic carbocycles. The number of aromatic nitrogens is 8. The maximum atomic E-state index is 15.0. The molecule has 4 aromatic heterocycles. The third-order valence-electron chi connectivity index (χ3n) is 11.6. The Morgan fingerprint density at radius 3 is 1.08 bits per heavy atom. The van der Waals surface area contributed by atoms with Crippen molar-refractivity contribution in [1.29, 1.82) is 0 Å². The van der Waals surface area contributed by atoms with Crippen LogP contribution in [-0.4, -0.2) is 131 Å². The van der Waals surface area contributed by atoms with E-state index in [0.717, 1.165) is 34.3 Å². The molecule has 9 rings (SSSR count). The predicted molar refractivity (Wildman–Crippen MR) is 287 cm³/mol. The fourth-order valence-electron chi connectivity index (χ4n) is 8.22. The summed E-state index contributed by atoms with van der Waals surface area (Å²) in [5, 5.41) is 5.13. The second-order valence-electron chi connectivity index (χ2n) is 17.4. The largest absolute Gasteiger partial charge is 1.00 e. The summed E-state index contributed by atoms with van der Waals surface area (Å²) < 4.78 is 264. The minimum Gasteiger partial charge on any atom is -0.744 e. The molecular formula is C42H30Cl2F2N14Na6O20S6. The fourth-order valence-corrected chi connectivity index (χ4v) is 12.6. The second-order valence-corrected chi connectivity index (χ2v) is 26.2. The Labute approximate surface area is 661 Å². The number of hydrogen-bond donors (Lipinski definition) is 6. The molecule has 0 spiro atoms. The number of halogens is 4. The molecule has 0 fully saturated rings. The smallest absolute Gasteiger partial charge is 0.744 e. The van der Waals surface area contributed by atoms with Gasteiger partial charge in [-0.2, -0.15) is 38.7 Å². The molecule has 0 aliphatic rings. The van der Waals surface area contributed by atoms with E-state index >= 15 is 8.78 Å². The van der Waals surface area contributed by atoms with E-state index in [1.165, 1.54) is 0 Å². The second kappa shape index (κ2) is 32.3. The van der Waals surface area contributed by atoms with Crippen molar-refractivity contribution in [3.05, 3.63) is 82.9 Å². The number of rotatable bonds is 20. The fraction of sp³-hybridized carbons (Fsp3) is 0.143. The monoisotopic (exact) mass is 1490 g/mol. The Bertz CT molecular complexity index is 4810. The molecule has 50 heteroatoms. The summed E-state index contributed by atoms with van der Waals surface area (Å²) in [5.74, 6) is -3.40. The maximum absolute atomic E-state index is 15.0. The molecule has 0 amide bonds. The van der Waals surface area contributed by atoms with Gasteiger partial charge in [-0.3, -0.25) is 20.9 Å². The number of hydrogen-bond acceptors (Lipinski definition) is 32. The number of nitrogens with one attached hydrogen (secondary N) is 6. The van der Waals surface area contributed by atoms with Crippen molar-refractivity contribution in [3.63, 3.8) is 0 Å². The first kappa shape index (κ1) is 84.2. The van der Waals surface area contributed by atoms with Crippen LogP contribution < -0.4 is 209 Å². The van der Waals surface area contributed by atoms with Gasteiger partial charge in [0.2, 0.25) is 23.8 Å². The minimum atomic E-state index is -5.69. The topological polar surface area (TPSA) is 533 Å². The SMILES string of the molecule is CCCN(Nc1nc(F)nc(Nc2cc(S(=O)(=O)[O-])ccc2S(=O)(=O)[O-])n1)c1ccc2[nH]c3c(Cl)c4oc5c(S(=O)(=O)[O-])c(N(CCC)Nc6nc(F)nc(Nc7cc(S(=O)(=O)[O-])ccc7S(=O)(=O)[O-])n6)ccc5[nH]c4c(Cl)c3oc2c1S(=O)(=O)[O-].[Na+].[Na+].[Na+].[Na+].[Na+].[Na+].